The number of fused-ring (bicyclic) bond motifs is 1. The Morgan fingerprint density at radius 1 is 1.12 bits per heavy atom. The molecule has 4 rings (SSSR count). The number of carboxylic acid groups (broad SMARTS) is 1. The molecule has 0 saturated carbocycles. The number of carboxylic acids is 1. The van der Waals surface area contributed by atoms with Crippen molar-refractivity contribution in [3.05, 3.63) is 70.3 Å². The van der Waals surface area contributed by atoms with E-state index in [0.29, 0.717) is 11.5 Å². The maximum absolute atomic E-state index is 11.1. The van der Waals surface area contributed by atoms with Crippen LogP contribution in [0.25, 0.3) is 21.3 Å². The minimum absolute atomic E-state index is 0.110. The number of anilines is 2. The number of benzene rings is 2. The number of nitrogens with one attached hydrogen (secondary N) is 1. The Hall–Kier alpha value is -2.77. The van der Waals surface area contributed by atoms with Gasteiger partial charge in [-0.2, -0.15) is 0 Å². The smallest absolute Gasteiger partial charge is 0.143 e. The van der Waals surface area contributed by atoms with Gasteiger partial charge in [-0.1, -0.05) is 40.2 Å². The zero-order valence-corrected chi connectivity index (χ0v) is 15.7. The van der Waals surface area contributed by atoms with E-state index >= 15 is 0 Å². The predicted octanol–water partition coefficient (Wildman–Crippen LogP) is 4.23. The molecule has 0 amide bonds. The summed E-state index contributed by atoms with van der Waals surface area (Å²) in [5.41, 5.74) is 2.82. The number of aromatic carboxylic acids is 1. The number of carbonyl (C=O) groups excluding carboxylic acids is 1. The second-order valence-corrected chi connectivity index (χ2v) is 7.33. The minimum Gasteiger partial charge on any atom is -0.545 e. The number of hydrogen-bond acceptors (Lipinski definition) is 6. The molecule has 0 aliphatic heterocycles. The van der Waals surface area contributed by atoms with Crippen molar-refractivity contribution in [2.75, 3.05) is 5.32 Å². The van der Waals surface area contributed by atoms with E-state index < -0.39 is 5.97 Å². The summed E-state index contributed by atoms with van der Waals surface area (Å²) < 4.78 is 1.01. The number of aromatic nitrogens is 2. The first kappa shape index (κ1) is 16.7. The molecule has 4 aromatic rings. The van der Waals surface area contributed by atoms with Gasteiger partial charge in [0.25, 0.3) is 0 Å². The van der Waals surface area contributed by atoms with Gasteiger partial charge < -0.3 is 15.2 Å². The zero-order chi connectivity index (χ0) is 18.1. The molecule has 0 radical (unpaired) electrons. The summed E-state index contributed by atoms with van der Waals surface area (Å²) in [5.74, 6) is -0.586. The van der Waals surface area contributed by atoms with Gasteiger partial charge in [-0.3, -0.25) is 0 Å². The molecule has 0 saturated heterocycles. The summed E-state index contributed by atoms with van der Waals surface area (Å²) >= 11 is 4.99. The Balaban J connectivity index is 1.80. The number of rotatable bonds is 4. The van der Waals surface area contributed by atoms with Crippen LogP contribution in [0.4, 0.5) is 11.5 Å². The molecule has 26 heavy (non-hydrogen) atoms. The van der Waals surface area contributed by atoms with Crippen molar-refractivity contribution in [1.29, 1.82) is 0 Å². The number of carbonyl (C=O) groups is 1. The highest BCUT2D eigenvalue weighted by Gasteiger charge is 2.13. The lowest BCUT2D eigenvalue weighted by molar-refractivity contribution is -0.255. The number of hydrogen-bond donors (Lipinski definition) is 1. The molecule has 7 heteroatoms. The van der Waals surface area contributed by atoms with Gasteiger partial charge in [-0.15, -0.1) is 11.3 Å². The largest absolute Gasteiger partial charge is 0.545 e. The van der Waals surface area contributed by atoms with E-state index in [1.54, 1.807) is 12.1 Å². The lowest BCUT2D eigenvalue weighted by Gasteiger charge is -2.10. The molecule has 0 spiro atoms. The topological polar surface area (TPSA) is 77.9 Å². The summed E-state index contributed by atoms with van der Waals surface area (Å²) in [6.07, 6.45) is 1.50. The second-order valence-electron chi connectivity index (χ2n) is 5.55. The molecular weight excluding hydrogens is 414 g/mol. The fraction of sp³-hybridized carbons (Fsp3) is 0. The van der Waals surface area contributed by atoms with Crippen molar-refractivity contribution in [1.82, 2.24) is 9.97 Å². The van der Waals surface area contributed by atoms with Crippen LogP contribution in [0.2, 0.25) is 0 Å². The third kappa shape index (κ3) is 3.18. The third-order valence-corrected chi connectivity index (χ3v) is 5.30. The maximum atomic E-state index is 11.1. The third-order valence-electron chi connectivity index (χ3n) is 3.89. The highest BCUT2D eigenvalue weighted by Crippen LogP contribution is 2.37. The van der Waals surface area contributed by atoms with Gasteiger partial charge in [0.05, 0.1) is 11.4 Å². The van der Waals surface area contributed by atoms with Gasteiger partial charge in [0, 0.05) is 21.1 Å². The molecule has 0 unspecified atom stereocenters. The molecule has 128 valence electrons. The van der Waals surface area contributed by atoms with Crippen LogP contribution in [0.5, 0.6) is 0 Å². The van der Waals surface area contributed by atoms with E-state index in [-0.39, 0.29) is 5.56 Å². The van der Waals surface area contributed by atoms with Crippen molar-refractivity contribution in [3.63, 3.8) is 0 Å². The average Bonchev–Trinajstić information content (AvgIpc) is 3.08. The van der Waals surface area contributed by atoms with Gasteiger partial charge in [0.2, 0.25) is 0 Å². The monoisotopic (exact) mass is 424 g/mol. The van der Waals surface area contributed by atoms with Gasteiger partial charge in [0.1, 0.15) is 17.0 Å². The summed E-state index contributed by atoms with van der Waals surface area (Å²) in [6.45, 7) is 0. The molecule has 2 heterocycles. The molecular formula is C19H11BrN3O2S-. The summed E-state index contributed by atoms with van der Waals surface area (Å²) in [6, 6.07) is 14.5. The van der Waals surface area contributed by atoms with Gasteiger partial charge in [0.15, 0.2) is 0 Å². The molecule has 0 bridgehead atoms. The molecule has 0 atom stereocenters. The molecule has 2 aromatic heterocycles. The molecule has 2 aromatic carbocycles. The fourth-order valence-electron chi connectivity index (χ4n) is 2.67. The number of halogens is 1. The molecule has 1 N–H and O–H groups in total. The van der Waals surface area contributed by atoms with E-state index in [4.69, 9.17) is 0 Å². The van der Waals surface area contributed by atoms with Gasteiger partial charge in [-0.05, 0) is 35.4 Å². The van der Waals surface area contributed by atoms with Crippen LogP contribution in [0.3, 0.4) is 0 Å². The van der Waals surface area contributed by atoms with Crippen LogP contribution in [0.15, 0.2) is 64.7 Å². The van der Waals surface area contributed by atoms with Crippen LogP contribution < -0.4 is 10.4 Å². The van der Waals surface area contributed by atoms with Crippen molar-refractivity contribution in [3.8, 4) is 11.1 Å². The lowest BCUT2D eigenvalue weighted by atomic mass is 10.1. The summed E-state index contributed by atoms with van der Waals surface area (Å²) in [5, 5.41) is 17.2. The van der Waals surface area contributed by atoms with Crippen molar-refractivity contribution in [2.45, 2.75) is 0 Å². The first-order valence-electron chi connectivity index (χ1n) is 7.68. The van der Waals surface area contributed by atoms with Crippen molar-refractivity contribution >= 4 is 55.0 Å². The summed E-state index contributed by atoms with van der Waals surface area (Å²) in [7, 11) is 0. The Morgan fingerprint density at radius 2 is 1.92 bits per heavy atom. The Kier molecular flexibility index (Phi) is 4.40. The SMILES string of the molecule is O=C([O-])c1cccc(Nc2ncnc3scc(-c4ccc(Br)cc4)c23)c1. The molecule has 5 nitrogen and oxygen atoms in total. The maximum Gasteiger partial charge on any atom is 0.143 e. The van der Waals surface area contributed by atoms with E-state index in [2.05, 4.69) is 31.2 Å². The fourth-order valence-corrected chi connectivity index (χ4v) is 3.85. The van der Waals surface area contributed by atoms with E-state index in [1.165, 1.54) is 29.8 Å². The van der Waals surface area contributed by atoms with Crippen LogP contribution in [-0.4, -0.2) is 15.9 Å². The molecule has 0 aliphatic carbocycles. The summed E-state index contributed by atoms with van der Waals surface area (Å²) in [4.78, 5) is 20.6. The standard InChI is InChI=1S/C19H12BrN3O2S/c20-13-6-4-11(5-7-13)15-9-26-18-16(15)17(21-10-22-18)23-14-3-1-2-12(8-14)19(24)25/h1-10H,(H,24,25)(H,21,22,23)/p-1. The average molecular weight is 425 g/mol. The quantitative estimate of drug-likeness (QED) is 0.530. The minimum atomic E-state index is -1.22. The lowest BCUT2D eigenvalue weighted by Crippen LogP contribution is -2.22. The van der Waals surface area contributed by atoms with Gasteiger partial charge in [-0.25, -0.2) is 9.97 Å². The predicted molar refractivity (Wildman–Crippen MR) is 105 cm³/mol. The first-order valence-corrected chi connectivity index (χ1v) is 9.35. The zero-order valence-electron chi connectivity index (χ0n) is 13.3. The molecule has 0 fully saturated rings. The Labute approximate surface area is 161 Å². The van der Waals surface area contributed by atoms with E-state index in [9.17, 15) is 9.90 Å². The highest BCUT2D eigenvalue weighted by molar-refractivity contribution is 9.10. The van der Waals surface area contributed by atoms with Crippen molar-refractivity contribution < 1.29 is 9.90 Å². The normalized spacial score (nSPS) is 10.8. The second kappa shape index (κ2) is 6.86. The Morgan fingerprint density at radius 3 is 2.69 bits per heavy atom. The van der Waals surface area contributed by atoms with E-state index in [0.717, 1.165) is 25.8 Å². The van der Waals surface area contributed by atoms with Crippen LogP contribution >= 0.6 is 27.3 Å². The number of nitrogens with zero attached hydrogens (tertiary/aromatic N) is 2. The van der Waals surface area contributed by atoms with E-state index in [1.807, 2.05) is 29.6 Å². The van der Waals surface area contributed by atoms with Crippen LogP contribution in [-0.2, 0) is 0 Å². The first-order chi connectivity index (χ1) is 12.6. The van der Waals surface area contributed by atoms with Gasteiger partial charge >= 0.3 is 0 Å². The van der Waals surface area contributed by atoms with Crippen LogP contribution in [0, 0.1) is 0 Å². The Bertz CT molecular complexity index is 1110. The highest BCUT2D eigenvalue weighted by atomic mass is 79.9. The number of thiophene rings is 1. The molecule has 0 aliphatic rings. The van der Waals surface area contributed by atoms with Crippen LogP contribution in [0.1, 0.15) is 10.4 Å². The van der Waals surface area contributed by atoms with Crippen molar-refractivity contribution in [2.24, 2.45) is 0 Å².